The number of nitrogens with zero attached hydrogens (tertiary/aromatic N) is 1. The van der Waals surface area contributed by atoms with Crippen LogP contribution in [0.3, 0.4) is 0 Å². The lowest BCUT2D eigenvalue weighted by Gasteiger charge is -2.35. The number of anilines is 2. The van der Waals surface area contributed by atoms with Crippen LogP contribution < -0.4 is 10.6 Å². The van der Waals surface area contributed by atoms with Gasteiger partial charge in [-0.3, -0.25) is 0 Å². The quantitative estimate of drug-likeness (QED) is 0.842. The van der Waals surface area contributed by atoms with Gasteiger partial charge in [-0.15, -0.1) is 0 Å². The Morgan fingerprint density at radius 1 is 1.05 bits per heavy atom. The predicted octanol–water partition coefficient (Wildman–Crippen LogP) is 4.02. The van der Waals surface area contributed by atoms with Gasteiger partial charge in [0.25, 0.3) is 0 Å². The van der Waals surface area contributed by atoms with Crippen LogP contribution in [0.5, 0.6) is 0 Å². The van der Waals surface area contributed by atoms with Crippen molar-refractivity contribution < 1.29 is 0 Å². The summed E-state index contributed by atoms with van der Waals surface area (Å²) in [6.07, 6.45) is 2.33. The van der Waals surface area contributed by atoms with Gasteiger partial charge in [0.15, 0.2) is 0 Å². The Hall–Kier alpha value is -1.80. The molecular formula is C18H20N2. The minimum absolute atomic E-state index is 0.228. The zero-order valence-corrected chi connectivity index (χ0v) is 11.8. The van der Waals surface area contributed by atoms with Crippen molar-refractivity contribution in [2.24, 2.45) is 5.73 Å². The molecule has 2 N–H and O–H groups in total. The molecule has 102 valence electrons. The molecule has 1 aliphatic carbocycles. The van der Waals surface area contributed by atoms with Gasteiger partial charge in [-0.05, 0) is 54.5 Å². The second kappa shape index (κ2) is 4.35. The second-order valence-electron chi connectivity index (χ2n) is 6.05. The molecule has 20 heavy (non-hydrogen) atoms. The van der Waals surface area contributed by atoms with Gasteiger partial charge in [0.1, 0.15) is 0 Å². The number of hydrogen-bond acceptors (Lipinski definition) is 2. The molecule has 2 atom stereocenters. The minimum atomic E-state index is 0.228. The fourth-order valence-electron chi connectivity index (χ4n) is 3.91. The van der Waals surface area contributed by atoms with Crippen LogP contribution in [0.25, 0.3) is 0 Å². The number of hydrogen-bond donors (Lipinski definition) is 1. The average Bonchev–Trinajstić information content (AvgIpc) is 2.79. The van der Waals surface area contributed by atoms with E-state index in [1.807, 2.05) is 0 Å². The Morgan fingerprint density at radius 2 is 1.85 bits per heavy atom. The van der Waals surface area contributed by atoms with Gasteiger partial charge in [0.2, 0.25) is 0 Å². The van der Waals surface area contributed by atoms with Gasteiger partial charge in [-0.25, -0.2) is 0 Å². The summed E-state index contributed by atoms with van der Waals surface area (Å²) in [5.41, 5.74) is 13.2. The van der Waals surface area contributed by atoms with E-state index in [2.05, 4.69) is 54.3 Å². The Morgan fingerprint density at radius 3 is 2.70 bits per heavy atom. The van der Waals surface area contributed by atoms with E-state index in [1.165, 1.54) is 34.5 Å². The van der Waals surface area contributed by atoms with Gasteiger partial charge in [-0.2, -0.15) is 0 Å². The highest BCUT2D eigenvalue weighted by Crippen LogP contribution is 2.50. The van der Waals surface area contributed by atoms with E-state index in [0.29, 0.717) is 5.92 Å². The van der Waals surface area contributed by atoms with E-state index in [9.17, 15) is 0 Å². The molecule has 0 saturated heterocycles. The van der Waals surface area contributed by atoms with Crippen LogP contribution in [0, 0.1) is 6.92 Å². The van der Waals surface area contributed by atoms with Crippen molar-refractivity contribution in [3.8, 4) is 0 Å². The summed E-state index contributed by atoms with van der Waals surface area (Å²) in [6, 6.07) is 15.5. The van der Waals surface area contributed by atoms with Crippen molar-refractivity contribution in [2.75, 3.05) is 11.4 Å². The molecule has 2 heteroatoms. The van der Waals surface area contributed by atoms with Crippen LogP contribution in [0.4, 0.5) is 11.4 Å². The topological polar surface area (TPSA) is 29.3 Å². The summed E-state index contributed by atoms with van der Waals surface area (Å²) in [6.45, 7) is 3.29. The molecule has 0 aromatic heterocycles. The Labute approximate surface area is 120 Å². The minimum Gasteiger partial charge on any atom is -0.341 e. The molecule has 4 rings (SSSR count). The first kappa shape index (κ1) is 12.0. The molecule has 0 saturated carbocycles. The maximum Gasteiger partial charge on any atom is 0.0449 e. The fourth-order valence-corrected chi connectivity index (χ4v) is 3.91. The lowest BCUT2D eigenvalue weighted by Crippen LogP contribution is -2.26. The number of para-hydroxylation sites is 1. The van der Waals surface area contributed by atoms with Crippen molar-refractivity contribution in [1.82, 2.24) is 0 Å². The third-order valence-corrected chi connectivity index (χ3v) is 4.86. The summed E-state index contributed by atoms with van der Waals surface area (Å²) in [4.78, 5) is 2.47. The van der Waals surface area contributed by atoms with Crippen LogP contribution >= 0.6 is 0 Å². The van der Waals surface area contributed by atoms with Crippen LogP contribution in [-0.4, -0.2) is 6.54 Å². The average molecular weight is 264 g/mol. The highest BCUT2D eigenvalue weighted by molar-refractivity contribution is 5.73. The van der Waals surface area contributed by atoms with Gasteiger partial charge in [0, 0.05) is 24.0 Å². The van der Waals surface area contributed by atoms with E-state index in [1.54, 1.807) is 0 Å². The lowest BCUT2D eigenvalue weighted by molar-refractivity contribution is 0.557. The Kier molecular flexibility index (Phi) is 2.61. The fraction of sp³-hybridized carbons (Fsp3) is 0.333. The standard InChI is InChI=1S/C18H20N2/c1-12-5-2-3-7-16(12)20-10-9-13-11-15(19)14-6-4-8-17(20)18(13)14/h2-8,13,15H,9-11,19H2,1H3. The van der Waals surface area contributed by atoms with Gasteiger partial charge in [-0.1, -0.05) is 30.3 Å². The molecule has 2 aromatic carbocycles. The molecule has 0 bridgehead atoms. The van der Waals surface area contributed by atoms with E-state index in [0.717, 1.165) is 13.0 Å². The molecule has 0 spiro atoms. The third kappa shape index (κ3) is 1.61. The summed E-state index contributed by atoms with van der Waals surface area (Å²) in [5.74, 6) is 0.663. The van der Waals surface area contributed by atoms with E-state index in [-0.39, 0.29) is 6.04 Å². The molecule has 1 aliphatic heterocycles. The maximum atomic E-state index is 6.30. The van der Waals surface area contributed by atoms with Crippen molar-refractivity contribution in [1.29, 1.82) is 0 Å². The number of rotatable bonds is 1. The summed E-state index contributed by atoms with van der Waals surface area (Å²) in [7, 11) is 0. The monoisotopic (exact) mass is 264 g/mol. The van der Waals surface area contributed by atoms with Crippen LogP contribution in [0.15, 0.2) is 42.5 Å². The molecule has 2 nitrogen and oxygen atoms in total. The number of benzene rings is 2. The third-order valence-electron chi connectivity index (χ3n) is 4.86. The van der Waals surface area contributed by atoms with Gasteiger partial charge < -0.3 is 10.6 Å². The number of nitrogens with two attached hydrogens (primary N) is 1. The smallest absolute Gasteiger partial charge is 0.0449 e. The first-order chi connectivity index (χ1) is 9.75. The molecule has 0 amide bonds. The highest BCUT2D eigenvalue weighted by atomic mass is 15.1. The largest absolute Gasteiger partial charge is 0.341 e. The van der Waals surface area contributed by atoms with Crippen LogP contribution in [0.2, 0.25) is 0 Å². The summed E-state index contributed by atoms with van der Waals surface area (Å²) in [5, 5.41) is 0. The molecule has 1 heterocycles. The Bertz CT molecular complexity index is 662. The van der Waals surface area contributed by atoms with Crippen molar-refractivity contribution >= 4 is 11.4 Å². The Balaban J connectivity index is 1.88. The van der Waals surface area contributed by atoms with Crippen molar-refractivity contribution in [3.63, 3.8) is 0 Å². The van der Waals surface area contributed by atoms with Crippen molar-refractivity contribution in [2.45, 2.75) is 31.7 Å². The van der Waals surface area contributed by atoms with Crippen molar-refractivity contribution in [3.05, 3.63) is 59.2 Å². The SMILES string of the molecule is Cc1ccccc1N1CCC2CC(N)c3cccc1c32. The molecule has 2 aliphatic rings. The molecule has 0 radical (unpaired) electrons. The normalized spacial score (nSPS) is 23.8. The first-order valence-electron chi connectivity index (χ1n) is 7.47. The van der Waals surface area contributed by atoms with Crippen LogP contribution in [0.1, 0.15) is 41.5 Å². The van der Waals surface area contributed by atoms with E-state index in [4.69, 9.17) is 5.73 Å². The maximum absolute atomic E-state index is 6.30. The van der Waals surface area contributed by atoms with E-state index >= 15 is 0 Å². The number of aryl methyl sites for hydroxylation is 1. The van der Waals surface area contributed by atoms with E-state index < -0.39 is 0 Å². The summed E-state index contributed by atoms with van der Waals surface area (Å²) >= 11 is 0. The van der Waals surface area contributed by atoms with Gasteiger partial charge >= 0.3 is 0 Å². The lowest BCUT2D eigenvalue weighted by atomic mass is 9.91. The predicted molar refractivity (Wildman–Crippen MR) is 83.5 cm³/mol. The molecular weight excluding hydrogens is 244 g/mol. The zero-order chi connectivity index (χ0) is 13.7. The molecule has 2 unspecified atom stereocenters. The highest BCUT2D eigenvalue weighted by Gasteiger charge is 2.35. The summed E-state index contributed by atoms with van der Waals surface area (Å²) < 4.78 is 0. The molecule has 2 aromatic rings. The molecule has 0 fully saturated rings. The second-order valence-corrected chi connectivity index (χ2v) is 6.05. The first-order valence-corrected chi connectivity index (χ1v) is 7.47. The van der Waals surface area contributed by atoms with Gasteiger partial charge in [0.05, 0.1) is 0 Å². The zero-order valence-electron chi connectivity index (χ0n) is 11.8. The van der Waals surface area contributed by atoms with Crippen LogP contribution in [-0.2, 0) is 0 Å².